The first-order valence-electron chi connectivity index (χ1n) is 6.37. The average molecular weight is 288 g/mol. The molecule has 3 nitrogen and oxygen atoms in total. The topological polar surface area (TPSA) is 59.0 Å². The van der Waals surface area contributed by atoms with Crippen molar-refractivity contribution in [2.45, 2.75) is 19.6 Å². The van der Waals surface area contributed by atoms with E-state index >= 15 is 0 Å². The molecule has 0 saturated heterocycles. The van der Waals surface area contributed by atoms with Crippen molar-refractivity contribution in [1.82, 2.24) is 0 Å². The average Bonchev–Trinajstić information content (AvgIpc) is 2.46. The molecule has 0 saturated carbocycles. The number of nitriles is 1. The van der Waals surface area contributed by atoms with Crippen LogP contribution in [0.15, 0.2) is 36.4 Å². The fourth-order valence-corrected chi connectivity index (χ4v) is 1.86. The summed E-state index contributed by atoms with van der Waals surface area (Å²) in [6.45, 7) is 1.66. The van der Waals surface area contributed by atoms with Gasteiger partial charge in [0.25, 0.3) is 0 Å². The lowest BCUT2D eigenvalue weighted by Crippen LogP contribution is -2.06. The number of nitrogens with two attached hydrogens (primary N) is 1. The summed E-state index contributed by atoms with van der Waals surface area (Å²) >= 11 is 0. The van der Waals surface area contributed by atoms with Crippen LogP contribution >= 0.6 is 0 Å². The highest BCUT2D eigenvalue weighted by molar-refractivity contribution is 5.38. The van der Waals surface area contributed by atoms with Crippen LogP contribution in [0.4, 0.5) is 8.78 Å². The van der Waals surface area contributed by atoms with Gasteiger partial charge in [0.1, 0.15) is 12.4 Å². The SMILES string of the molecule is C[C@@H](N)c1ccc(OCc2cc(F)ccc2C#N)c(F)c1. The quantitative estimate of drug-likeness (QED) is 0.937. The first-order chi connectivity index (χ1) is 10.0. The van der Waals surface area contributed by atoms with Crippen LogP contribution in [0.3, 0.4) is 0 Å². The Hall–Kier alpha value is -2.45. The first-order valence-corrected chi connectivity index (χ1v) is 6.37. The summed E-state index contributed by atoms with van der Waals surface area (Å²) in [5.41, 5.74) is 6.99. The molecular weight excluding hydrogens is 274 g/mol. The molecule has 2 rings (SSSR count). The lowest BCUT2D eigenvalue weighted by Gasteiger charge is -2.11. The van der Waals surface area contributed by atoms with Gasteiger partial charge in [-0.3, -0.25) is 0 Å². The third-order valence-electron chi connectivity index (χ3n) is 3.05. The highest BCUT2D eigenvalue weighted by Gasteiger charge is 2.09. The molecule has 0 bridgehead atoms. The maximum atomic E-state index is 13.9. The molecule has 2 aromatic rings. The molecule has 0 aliphatic carbocycles. The second-order valence-corrected chi connectivity index (χ2v) is 4.68. The molecule has 2 aromatic carbocycles. The van der Waals surface area contributed by atoms with Gasteiger partial charge in [0, 0.05) is 11.6 Å². The maximum Gasteiger partial charge on any atom is 0.165 e. The zero-order valence-corrected chi connectivity index (χ0v) is 11.4. The van der Waals surface area contributed by atoms with E-state index in [1.54, 1.807) is 13.0 Å². The van der Waals surface area contributed by atoms with Crippen LogP contribution in [0.25, 0.3) is 0 Å². The van der Waals surface area contributed by atoms with Crippen LogP contribution in [0, 0.1) is 23.0 Å². The Bertz CT molecular complexity index is 693. The van der Waals surface area contributed by atoms with Crippen LogP contribution in [0.1, 0.15) is 29.7 Å². The molecular formula is C16H14F2N2O. The summed E-state index contributed by atoms with van der Waals surface area (Å²) in [5, 5.41) is 8.94. The highest BCUT2D eigenvalue weighted by atomic mass is 19.1. The summed E-state index contributed by atoms with van der Waals surface area (Å²) in [4.78, 5) is 0. The van der Waals surface area contributed by atoms with E-state index in [-0.39, 0.29) is 18.4 Å². The van der Waals surface area contributed by atoms with Crippen molar-refractivity contribution in [3.05, 3.63) is 64.7 Å². The third-order valence-corrected chi connectivity index (χ3v) is 3.05. The van der Waals surface area contributed by atoms with Crippen LogP contribution in [-0.2, 0) is 6.61 Å². The number of rotatable bonds is 4. The Morgan fingerprint density at radius 1 is 1.24 bits per heavy atom. The van der Waals surface area contributed by atoms with Crippen molar-refractivity contribution in [3.8, 4) is 11.8 Å². The number of hydrogen-bond donors (Lipinski definition) is 1. The third kappa shape index (κ3) is 3.56. The second-order valence-electron chi connectivity index (χ2n) is 4.68. The molecule has 0 aliphatic heterocycles. The fourth-order valence-electron chi connectivity index (χ4n) is 1.86. The Kier molecular flexibility index (Phi) is 4.51. The zero-order valence-electron chi connectivity index (χ0n) is 11.4. The molecule has 0 aromatic heterocycles. The zero-order chi connectivity index (χ0) is 15.4. The second kappa shape index (κ2) is 6.33. The fraction of sp³-hybridized carbons (Fsp3) is 0.188. The van der Waals surface area contributed by atoms with Crippen LogP contribution in [0.2, 0.25) is 0 Å². The molecule has 0 fully saturated rings. The van der Waals surface area contributed by atoms with Gasteiger partial charge in [0.2, 0.25) is 0 Å². The van der Waals surface area contributed by atoms with E-state index in [2.05, 4.69) is 0 Å². The highest BCUT2D eigenvalue weighted by Crippen LogP contribution is 2.22. The number of halogens is 2. The first kappa shape index (κ1) is 14.9. The molecule has 21 heavy (non-hydrogen) atoms. The predicted molar refractivity (Wildman–Crippen MR) is 74.4 cm³/mol. The summed E-state index contributed by atoms with van der Waals surface area (Å²) in [7, 11) is 0. The largest absolute Gasteiger partial charge is 0.486 e. The van der Waals surface area contributed by atoms with E-state index in [0.717, 1.165) is 0 Å². The molecule has 5 heteroatoms. The number of nitrogens with zero attached hydrogens (tertiary/aromatic N) is 1. The molecule has 0 spiro atoms. The molecule has 0 heterocycles. The van der Waals surface area contributed by atoms with E-state index in [0.29, 0.717) is 16.7 Å². The monoisotopic (exact) mass is 288 g/mol. The number of ether oxygens (including phenoxy) is 1. The van der Waals surface area contributed by atoms with Gasteiger partial charge in [-0.05, 0) is 42.8 Å². The van der Waals surface area contributed by atoms with E-state index in [4.69, 9.17) is 15.7 Å². The van der Waals surface area contributed by atoms with Crippen molar-refractivity contribution < 1.29 is 13.5 Å². The van der Waals surface area contributed by atoms with Gasteiger partial charge >= 0.3 is 0 Å². The van der Waals surface area contributed by atoms with Gasteiger partial charge in [-0.1, -0.05) is 6.07 Å². The van der Waals surface area contributed by atoms with Crippen LogP contribution < -0.4 is 10.5 Å². The smallest absolute Gasteiger partial charge is 0.165 e. The normalized spacial score (nSPS) is 11.8. The van der Waals surface area contributed by atoms with E-state index in [1.807, 2.05) is 6.07 Å². The minimum Gasteiger partial charge on any atom is -0.486 e. The van der Waals surface area contributed by atoms with Gasteiger partial charge in [-0.25, -0.2) is 8.78 Å². The summed E-state index contributed by atoms with van der Waals surface area (Å²) in [5.74, 6) is -0.979. The standard InChI is InChI=1S/C16H14F2N2O/c1-10(20)11-3-5-16(15(18)7-11)21-9-13-6-14(17)4-2-12(13)8-19/h2-7,10H,9,20H2,1H3/t10-/m1/s1. The van der Waals surface area contributed by atoms with Crippen molar-refractivity contribution in [2.75, 3.05) is 0 Å². The predicted octanol–water partition coefficient (Wildman–Crippen LogP) is 3.44. The Morgan fingerprint density at radius 3 is 2.62 bits per heavy atom. The maximum absolute atomic E-state index is 13.9. The Morgan fingerprint density at radius 2 is 2.00 bits per heavy atom. The minimum atomic E-state index is -0.542. The number of hydrogen-bond acceptors (Lipinski definition) is 3. The lowest BCUT2D eigenvalue weighted by molar-refractivity contribution is 0.289. The van der Waals surface area contributed by atoms with Crippen molar-refractivity contribution in [1.29, 1.82) is 5.26 Å². The van der Waals surface area contributed by atoms with E-state index in [1.165, 1.54) is 30.3 Å². The van der Waals surface area contributed by atoms with Gasteiger partial charge < -0.3 is 10.5 Å². The van der Waals surface area contributed by atoms with E-state index < -0.39 is 11.6 Å². The van der Waals surface area contributed by atoms with Crippen LogP contribution in [0.5, 0.6) is 5.75 Å². The summed E-state index contributed by atoms with van der Waals surface area (Å²) in [6, 6.07) is 9.87. The molecule has 0 amide bonds. The Labute approximate surface area is 121 Å². The van der Waals surface area contributed by atoms with Crippen molar-refractivity contribution >= 4 is 0 Å². The van der Waals surface area contributed by atoms with Gasteiger partial charge in [0.15, 0.2) is 11.6 Å². The molecule has 0 aliphatic rings. The molecule has 1 atom stereocenters. The van der Waals surface area contributed by atoms with Gasteiger partial charge in [0.05, 0.1) is 11.6 Å². The lowest BCUT2D eigenvalue weighted by atomic mass is 10.1. The summed E-state index contributed by atoms with van der Waals surface area (Å²) in [6.07, 6.45) is 0. The van der Waals surface area contributed by atoms with Crippen molar-refractivity contribution in [2.24, 2.45) is 5.73 Å². The number of benzene rings is 2. The van der Waals surface area contributed by atoms with Crippen LogP contribution in [-0.4, -0.2) is 0 Å². The summed E-state index contributed by atoms with van der Waals surface area (Å²) < 4.78 is 32.4. The van der Waals surface area contributed by atoms with Gasteiger partial charge in [-0.15, -0.1) is 0 Å². The molecule has 108 valence electrons. The van der Waals surface area contributed by atoms with Crippen molar-refractivity contribution in [3.63, 3.8) is 0 Å². The molecule has 0 unspecified atom stereocenters. The Balaban J connectivity index is 2.17. The van der Waals surface area contributed by atoms with E-state index in [9.17, 15) is 8.78 Å². The van der Waals surface area contributed by atoms with Gasteiger partial charge in [-0.2, -0.15) is 5.26 Å². The minimum absolute atomic E-state index is 0.0348. The molecule has 2 N–H and O–H groups in total. The molecule has 0 radical (unpaired) electrons.